The smallest absolute Gasteiger partial charge is 0.335 e. The van der Waals surface area contributed by atoms with Gasteiger partial charge in [-0.1, -0.05) is 11.6 Å². The summed E-state index contributed by atoms with van der Waals surface area (Å²) in [5, 5.41) is 12.4. The summed E-state index contributed by atoms with van der Waals surface area (Å²) >= 11 is 5.94. The largest absolute Gasteiger partial charge is 0.478 e. The van der Waals surface area contributed by atoms with Crippen molar-refractivity contribution >= 4 is 17.6 Å². The highest BCUT2D eigenvalue weighted by atomic mass is 35.5. The van der Waals surface area contributed by atoms with Crippen LogP contribution in [0.1, 0.15) is 28.9 Å². The number of carbonyl (C=O) groups is 1. The summed E-state index contributed by atoms with van der Waals surface area (Å²) in [4.78, 5) is 10.7. The zero-order valence-electron chi connectivity index (χ0n) is 8.04. The molecule has 1 aromatic rings. The van der Waals surface area contributed by atoms with Gasteiger partial charge in [0.1, 0.15) is 0 Å². The van der Waals surface area contributed by atoms with Crippen LogP contribution in [0.4, 0.5) is 0 Å². The van der Waals surface area contributed by atoms with E-state index < -0.39 is 5.97 Å². The third-order valence-electron chi connectivity index (χ3n) is 2.14. The first kappa shape index (κ1) is 11.0. The Morgan fingerprint density at radius 1 is 1.57 bits per heavy atom. The summed E-state index contributed by atoms with van der Waals surface area (Å²) < 4.78 is 0. The van der Waals surface area contributed by atoms with Crippen molar-refractivity contribution in [3.05, 3.63) is 34.3 Å². The topological polar surface area (TPSA) is 49.3 Å². The van der Waals surface area contributed by atoms with Gasteiger partial charge in [-0.15, -0.1) is 0 Å². The maximum absolute atomic E-state index is 10.7. The van der Waals surface area contributed by atoms with Crippen LogP contribution in [-0.2, 0) is 0 Å². The van der Waals surface area contributed by atoms with Crippen molar-refractivity contribution in [2.75, 3.05) is 7.05 Å². The Labute approximate surface area is 87.7 Å². The van der Waals surface area contributed by atoms with Gasteiger partial charge in [0.05, 0.1) is 5.56 Å². The number of hydrogen-bond acceptors (Lipinski definition) is 2. The minimum absolute atomic E-state index is 0.0433. The molecule has 76 valence electrons. The molecule has 0 radical (unpaired) electrons. The monoisotopic (exact) mass is 213 g/mol. The molecule has 1 atom stereocenters. The molecule has 0 aliphatic carbocycles. The maximum Gasteiger partial charge on any atom is 0.335 e. The highest BCUT2D eigenvalue weighted by molar-refractivity contribution is 6.31. The molecular formula is C10H12ClNO2. The van der Waals surface area contributed by atoms with E-state index in [1.165, 1.54) is 6.07 Å². The van der Waals surface area contributed by atoms with Crippen LogP contribution in [-0.4, -0.2) is 18.1 Å². The highest BCUT2D eigenvalue weighted by Gasteiger charge is 2.11. The molecule has 0 saturated carbocycles. The van der Waals surface area contributed by atoms with E-state index in [1.54, 1.807) is 19.2 Å². The van der Waals surface area contributed by atoms with E-state index in [0.29, 0.717) is 5.02 Å². The summed E-state index contributed by atoms with van der Waals surface area (Å²) in [6.45, 7) is 1.92. The van der Waals surface area contributed by atoms with Gasteiger partial charge in [-0.3, -0.25) is 0 Å². The molecular weight excluding hydrogens is 202 g/mol. The average Bonchev–Trinajstić information content (AvgIpc) is 2.17. The first-order valence-electron chi connectivity index (χ1n) is 4.26. The van der Waals surface area contributed by atoms with Crippen LogP contribution in [0.2, 0.25) is 5.02 Å². The van der Waals surface area contributed by atoms with Crippen molar-refractivity contribution in [3.8, 4) is 0 Å². The van der Waals surface area contributed by atoms with Gasteiger partial charge in [-0.05, 0) is 37.7 Å². The van der Waals surface area contributed by atoms with E-state index in [1.807, 2.05) is 6.92 Å². The second kappa shape index (κ2) is 4.44. The molecule has 0 aromatic heterocycles. The van der Waals surface area contributed by atoms with Crippen molar-refractivity contribution in [2.45, 2.75) is 13.0 Å². The second-order valence-electron chi connectivity index (χ2n) is 3.05. The van der Waals surface area contributed by atoms with Crippen LogP contribution in [0.5, 0.6) is 0 Å². The van der Waals surface area contributed by atoms with E-state index in [2.05, 4.69) is 5.32 Å². The molecule has 0 aliphatic heterocycles. The molecule has 1 aromatic carbocycles. The third-order valence-corrected chi connectivity index (χ3v) is 2.49. The second-order valence-corrected chi connectivity index (χ2v) is 3.46. The summed E-state index contributed by atoms with van der Waals surface area (Å²) in [6, 6.07) is 4.73. The standard InChI is InChI=1S/C10H12ClNO2/c1-6(12-2)8-5-7(10(13)14)3-4-9(8)11/h3-6,12H,1-2H3,(H,13,14). The average molecular weight is 214 g/mol. The van der Waals surface area contributed by atoms with E-state index in [9.17, 15) is 4.79 Å². The first-order chi connectivity index (χ1) is 6.56. The Hall–Kier alpha value is -1.06. The molecule has 1 unspecified atom stereocenters. The van der Waals surface area contributed by atoms with Crippen LogP contribution >= 0.6 is 11.6 Å². The van der Waals surface area contributed by atoms with Gasteiger partial charge in [0.15, 0.2) is 0 Å². The number of rotatable bonds is 3. The van der Waals surface area contributed by atoms with E-state index in [0.717, 1.165) is 5.56 Å². The first-order valence-corrected chi connectivity index (χ1v) is 4.64. The lowest BCUT2D eigenvalue weighted by Gasteiger charge is -2.12. The number of carboxylic acid groups (broad SMARTS) is 1. The minimum atomic E-state index is -0.939. The van der Waals surface area contributed by atoms with Crippen molar-refractivity contribution < 1.29 is 9.90 Å². The number of halogens is 1. The molecule has 0 spiro atoms. The van der Waals surface area contributed by atoms with Crippen molar-refractivity contribution in [3.63, 3.8) is 0 Å². The molecule has 0 bridgehead atoms. The van der Waals surface area contributed by atoms with Gasteiger partial charge < -0.3 is 10.4 Å². The van der Waals surface area contributed by atoms with E-state index >= 15 is 0 Å². The van der Waals surface area contributed by atoms with E-state index in [4.69, 9.17) is 16.7 Å². The molecule has 4 heteroatoms. The molecule has 0 heterocycles. The molecule has 3 nitrogen and oxygen atoms in total. The lowest BCUT2D eigenvalue weighted by Crippen LogP contribution is -2.13. The Morgan fingerprint density at radius 3 is 2.71 bits per heavy atom. The molecule has 14 heavy (non-hydrogen) atoms. The third kappa shape index (κ3) is 2.25. The fraction of sp³-hybridized carbons (Fsp3) is 0.300. The Kier molecular flexibility index (Phi) is 3.49. The maximum atomic E-state index is 10.7. The summed E-state index contributed by atoms with van der Waals surface area (Å²) in [6.07, 6.45) is 0. The van der Waals surface area contributed by atoms with Gasteiger partial charge in [-0.2, -0.15) is 0 Å². The normalized spacial score (nSPS) is 12.5. The van der Waals surface area contributed by atoms with Crippen LogP contribution < -0.4 is 5.32 Å². The minimum Gasteiger partial charge on any atom is -0.478 e. The molecule has 0 fully saturated rings. The quantitative estimate of drug-likeness (QED) is 0.810. The zero-order valence-corrected chi connectivity index (χ0v) is 8.80. The SMILES string of the molecule is CNC(C)c1cc(C(=O)O)ccc1Cl. The predicted molar refractivity (Wildman–Crippen MR) is 55.9 cm³/mol. The number of nitrogens with one attached hydrogen (secondary N) is 1. The Balaban J connectivity index is 3.14. The molecule has 2 N–H and O–H groups in total. The van der Waals surface area contributed by atoms with Gasteiger partial charge in [0.25, 0.3) is 0 Å². The van der Waals surface area contributed by atoms with Gasteiger partial charge in [0, 0.05) is 11.1 Å². The molecule has 0 amide bonds. The Morgan fingerprint density at radius 2 is 2.21 bits per heavy atom. The van der Waals surface area contributed by atoms with Crippen molar-refractivity contribution in [2.24, 2.45) is 0 Å². The molecule has 0 saturated heterocycles. The van der Waals surface area contributed by atoms with Crippen LogP contribution in [0, 0.1) is 0 Å². The zero-order chi connectivity index (χ0) is 10.7. The van der Waals surface area contributed by atoms with Crippen LogP contribution in [0.25, 0.3) is 0 Å². The fourth-order valence-electron chi connectivity index (χ4n) is 1.16. The summed E-state index contributed by atoms with van der Waals surface area (Å²) in [5.74, 6) is -0.939. The van der Waals surface area contributed by atoms with Crippen molar-refractivity contribution in [1.29, 1.82) is 0 Å². The number of hydrogen-bond donors (Lipinski definition) is 2. The number of benzene rings is 1. The summed E-state index contributed by atoms with van der Waals surface area (Å²) in [5.41, 5.74) is 1.06. The van der Waals surface area contributed by atoms with Gasteiger partial charge >= 0.3 is 5.97 Å². The fourth-order valence-corrected chi connectivity index (χ4v) is 1.45. The number of carboxylic acids is 1. The molecule has 1 rings (SSSR count). The van der Waals surface area contributed by atoms with Crippen molar-refractivity contribution in [1.82, 2.24) is 5.32 Å². The summed E-state index contributed by atoms with van der Waals surface area (Å²) in [7, 11) is 1.80. The lowest BCUT2D eigenvalue weighted by atomic mass is 10.1. The van der Waals surface area contributed by atoms with Gasteiger partial charge in [-0.25, -0.2) is 4.79 Å². The van der Waals surface area contributed by atoms with E-state index in [-0.39, 0.29) is 11.6 Å². The van der Waals surface area contributed by atoms with Crippen LogP contribution in [0.15, 0.2) is 18.2 Å². The highest BCUT2D eigenvalue weighted by Crippen LogP contribution is 2.23. The lowest BCUT2D eigenvalue weighted by molar-refractivity contribution is 0.0697. The number of aromatic carboxylic acids is 1. The predicted octanol–water partition coefficient (Wildman–Crippen LogP) is 2.32. The Bertz CT molecular complexity index is 352. The van der Waals surface area contributed by atoms with Crippen LogP contribution in [0.3, 0.4) is 0 Å². The van der Waals surface area contributed by atoms with Gasteiger partial charge in [0.2, 0.25) is 0 Å². The molecule has 0 aliphatic rings.